The predicted octanol–water partition coefficient (Wildman–Crippen LogP) is 1.83. The first-order valence-corrected chi connectivity index (χ1v) is 5.28. The van der Waals surface area contributed by atoms with Crippen LogP contribution < -0.4 is 5.32 Å². The van der Waals surface area contributed by atoms with E-state index in [1.807, 2.05) is 0 Å². The summed E-state index contributed by atoms with van der Waals surface area (Å²) in [4.78, 5) is 11.9. The second-order valence-corrected chi connectivity index (χ2v) is 3.91. The molecule has 6 heteroatoms. The summed E-state index contributed by atoms with van der Waals surface area (Å²) in [7, 11) is 1.67. The number of nitrogens with zero attached hydrogens (tertiary/aromatic N) is 2. The zero-order chi connectivity index (χ0) is 13.3. The van der Waals surface area contributed by atoms with E-state index in [1.165, 1.54) is 4.68 Å². The first-order chi connectivity index (χ1) is 8.47. The average Bonchev–Trinajstić information content (AvgIpc) is 2.61. The van der Waals surface area contributed by atoms with E-state index in [2.05, 4.69) is 10.4 Å². The van der Waals surface area contributed by atoms with E-state index < -0.39 is 11.7 Å². The summed E-state index contributed by atoms with van der Waals surface area (Å²) in [6.45, 7) is 1.79. The normalized spacial score (nSPS) is 10.4. The fourth-order valence-corrected chi connectivity index (χ4v) is 1.60. The highest BCUT2D eigenvalue weighted by Gasteiger charge is 2.14. The van der Waals surface area contributed by atoms with Crippen LogP contribution in [0, 0.1) is 12.7 Å². The summed E-state index contributed by atoms with van der Waals surface area (Å²) >= 11 is 0. The van der Waals surface area contributed by atoms with Crippen LogP contribution >= 0.6 is 0 Å². The lowest BCUT2D eigenvalue weighted by Crippen LogP contribution is -2.14. The fourth-order valence-electron chi connectivity index (χ4n) is 1.60. The number of anilines is 1. The van der Waals surface area contributed by atoms with Crippen LogP contribution in [0.25, 0.3) is 0 Å². The van der Waals surface area contributed by atoms with Gasteiger partial charge in [0.2, 0.25) is 0 Å². The van der Waals surface area contributed by atoms with Crippen LogP contribution in [0.3, 0.4) is 0 Å². The number of rotatable bonds is 2. The minimum atomic E-state index is -0.588. The van der Waals surface area contributed by atoms with Crippen molar-refractivity contribution in [2.24, 2.45) is 7.05 Å². The molecule has 0 atom stereocenters. The van der Waals surface area contributed by atoms with Gasteiger partial charge in [-0.2, -0.15) is 5.10 Å². The van der Waals surface area contributed by atoms with Crippen molar-refractivity contribution in [2.75, 3.05) is 5.32 Å². The number of halogens is 1. The monoisotopic (exact) mass is 249 g/mol. The van der Waals surface area contributed by atoms with E-state index in [9.17, 15) is 14.3 Å². The maximum atomic E-state index is 13.0. The number of amides is 1. The van der Waals surface area contributed by atoms with Crippen molar-refractivity contribution in [1.29, 1.82) is 0 Å². The third kappa shape index (κ3) is 2.32. The minimum Gasteiger partial charge on any atom is -0.507 e. The van der Waals surface area contributed by atoms with Gasteiger partial charge in [0.1, 0.15) is 17.4 Å². The molecule has 1 amide bonds. The smallest absolute Gasteiger partial charge is 0.260 e. The van der Waals surface area contributed by atoms with Crippen LogP contribution in [0.15, 0.2) is 24.3 Å². The number of benzene rings is 1. The SMILES string of the molecule is Cc1cc(NC(=O)c2cc(F)ccc2O)n(C)n1. The van der Waals surface area contributed by atoms with Crippen molar-refractivity contribution >= 4 is 11.7 Å². The molecule has 1 heterocycles. The number of phenols is 1. The van der Waals surface area contributed by atoms with Gasteiger partial charge in [-0.25, -0.2) is 4.39 Å². The van der Waals surface area contributed by atoms with Crippen molar-refractivity contribution in [3.05, 3.63) is 41.3 Å². The molecule has 0 radical (unpaired) electrons. The highest BCUT2D eigenvalue weighted by Crippen LogP contribution is 2.19. The largest absolute Gasteiger partial charge is 0.507 e. The number of aromatic hydroxyl groups is 1. The zero-order valence-corrected chi connectivity index (χ0v) is 9.94. The van der Waals surface area contributed by atoms with Crippen LogP contribution in [0.4, 0.5) is 10.2 Å². The summed E-state index contributed by atoms with van der Waals surface area (Å²) < 4.78 is 14.5. The molecule has 1 aromatic carbocycles. The van der Waals surface area contributed by atoms with Gasteiger partial charge in [-0.3, -0.25) is 9.48 Å². The lowest BCUT2D eigenvalue weighted by atomic mass is 10.2. The summed E-state index contributed by atoms with van der Waals surface area (Å²) in [6, 6.07) is 4.88. The molecule has 0 spiro atoms. The summed E-state index contributed by atoms with van der Waals surface area (Å²) in [5.41, 5.74) is 0.630. The third-order valence-electron chi connectivity index (χ3n) is 2.45. The van der Waals surface area contributed by atoms with Gasteiger partial charge in [0.25, 0.3) is 5.91 Å². The van der Waals surface area contributed by atoms with E-state index in [0.717, 1.165) is 23.9 Å². The van der Waals surface area contributed by atoms with E-state index in [1.54, 1.807) is 20.0 Å². The number of phenolic OH excluding ortho intramolecular Hbond substituents is 1. The molecule has 5 nitrogen and oxygen atoms in total. The second kappa shape index (κ2) is 4.48. The lowest BCUT2D eigenvalue weighted by molar-refractivity contribution is 0.102. The van der Waals surface area contributed by atoms with Crippen LogP contribution in [0.5, 0.6) is 5.75 Å². The Labute approximate surface area is 103 Å². The van der Waals surface area contributed by atoms with Gasteiger partial charge in [0.05, 0.1) is 11.3 Å². The van der Waals surface area contributed by atoms with Crippen LogP contribution in [0.1, 0.15) is 16.1 Å². The topological polar surface area (TPSA) is 67.2 Å². The Bertz CT molecular complexity index is 607. The van der Waals surface area contributed by atoms with Crippen LogP contribution in [-0.4, -0.2) is 20.8 Å². The maximum absolute atomic E-state index is 13.0. The number of carbonyl (C=O) groups excluding carboxylic acids is 1. The lowest BCUT2D eigenvalue weighted by Gasteiger charge is -2.06. The van der Waals surface area contributed by atoms with Gasteiger partial charge in [-0.15, -0.1) is 0 Å². The molecule has 2 aromatic rings. The van der Waals surface area contributed by atoms with Gasteiger partial charge >= 0.3 is 0 Å². The zero-order valence-electron chi connectivity index (χ0n) is 9.94. The maximum Gasteiger partial charge on any atom is 0.260 e. The van der Waals surface area contributed by atoms with E-state index in [0.29, 0.717) is 5.82 Å². The molecular formula is C12H12FN3O2. The van der Waals surface area contributed by atoms with E-state index in [-0.39, 0.29) is 11.3 Å². The van der Waals surface area contributed by atoms with Gasteiger partial charge in [0.15, 0.2) is 0 Å². The molecule has 0 aliphatic carbocycles. The molecule has 0 saturated carbocycles. The summed E-state index contributed by atoms with van der Waals surface area (Å²) in [5, 5.41) is 16.1. The van der Waals surface area contributed by atoms with Crippen molar-refractivity contribution in [2.45, 2.75) is 6.92 Å². The highest BCUT2D eigenvalue weighted by atomic mass is 19.1. The molecule has 0 saturated heterocycles. The van der Waals surface area contributed by atoms with Gasteiger partial charge < -0.3 is 10.4 Å². The highest BCUT2D eigenvalue weighted by molar-refractivity contribution is 6.05. The van der Waals surface area contributed by atoms with Crippen LogP contribution in [0.2, 0.25) is 0 Å². The second-order valence-electron chi connectivity index (χ2n) is 3.91. The molecule has 94 valence electrons. The molecular weight excluding hydrogens is 237 g/mol. The minimum absolute atomic E-state index is 0.117. The number of nitrogens with one attached hydrogen (secondary N) is 1. The Kier molecular flexibility index (Phi) is 3.01. The van der Waals surface area contributed by atoms with Crippen molar-refractivity contribution in [3.8, 4) is 5.75 Å². The quantitative estimate of drug-likeness (QED) is 0.853. The van der Waals surface area contributed by atoms with Gasteiger partial charge in [0, 0.05) is 13.1 Å². The molecule has 2 rings (SSSR count). The Morgan fingerprint density at radius 2 is 2.17 bits per heavy atom. The molecule has 0 unspecified atom stereocenters. The molecule has 18 heavy (non-hydrogen) atoms. The van der Waals surface area contributed by atoms with Gasteiger partial charge in [-0.1, -0.05) is 0 Å². The number of hydrogen-bond acceptors (Lipinski definition) is 3. The van der Waals surface area contributed by atoms with E-state index in [4.69, 9.17) is 0 Å². The first kappa shape index (κ1) is 12.1. The third-order valence-corrected chi connectivity index (χ3v) is 2.45. The molecule has 0 aliphatic rings. The fraction of sp³-hybridized carbons (Fsp3) is 0.167. The van der Waals surface area contributed by atoms with E-state index >= 15 is 0 Å². The Hall–Kier alpha value is -2.37. The summed E-state index contributed by atoms with van der Waals surface area (Å²) in [6.07, 6.45) is 0. The van der Waals surface area contributed by atoms with Crippen LogP contribution in [-0.2, 0) is 7.05 Å². The van der Waals surface area contributed by atoms with Crippen molar-refractivity contribution in [1.82, 2.24) is 9.78 Å². The number of aromatic nitrogens is 2. The molecule has 2 N–H and O–H groups in total. The molecule has 1 aromatic heterocycles. The predicted molar refractivity (Wildman–Crippen MR) is 64.0 cm³/mol. The Balaban J connectivity index is 2.27. The molecule has 0 bridgehead atoms. The Morgan fingerprint density at radius 3 is 2.78 bits per heavy atom. The number of aryl methyl sites for hydroxylation is 2. The Morgan fingerprint density at radius 1 is 1.44 bits per heavy atom. The molecule has 0 fully saturated rings. The van der Waals surface area contributed by atoms with Gasteiger partial charge in [-0.05, 0) is 25.1 Å². The first-order valence-electron chi connectivity index (χ1n) is 5.28. The number of hydrogen-bond donors (Lipinski definition) is 2. The number of carbonyl (C=O) groups is 1. The standard InChI is InChI=1S/C12H12FN3O2/c1-7-5-11(16(2)15-7)14-12(18)9-6-8(13)3-4-10(9)17/h3-6,17H,1-2H3,(H,14,18). The van der Waals surface area contributed by atoms with Crippen molar-refractivity contribution < 1.29 is 14.3 Å². The molecule has 0 aliphatic heterocycles. The average molecular weight is 249 g/mol. The summed E-state index contributed by atoms with van der Waals surface area (Å²) in [5.74, 6) is -0.969. The van der Waals surface area contributed by atoms with Crippen molar-refractivity contribution in [3.63, 3.8) is 0 Å².